The quantitative estimate of drug-likeness (QED) is 0.550. The Morgan fingerprint density at radius 2 is 2.16 bits per heavy atom. The average molecular weight is 262 g/mol. The number of H-pyrrole nitrogens is 1. The summed E-state index contributed by atoms with van der Waals surface area (Å²) in [4.78, 5) is 25.0. The lowest BCUT2D eigenvalue weighted by molar-refractivity contribution is -0.131. The van der Waals surface area contributed by atoms with E-state index in [0.29, 0.717) is 16.5 Å². The van der Waals surface area contributed by atoms with E-state index in [1.807, 2.05) is 0 Å². The Labute approximate surface area is 108 Å². The van der Waals surface area contributed by atoms with Crippen LogP contribution in [0.1, 0.15) is 18.6 Å². The second-order valence-corrected chi connectivity index (χ2v) is 4.11. The van der Waals surface area contributed by atoms with E-state index in [1.54, 1.807) is 12.1 Å². The average Bonchev–Trinajstić information content (AvgIpc) is 2.38. The van der Waals surface area contributed by atoms with Gasteiger partial charge in [0.05, 0.1) is 11.6 Å². The van der Waals surface area contributed by atoms with E-state index in [2.05, 4.69) is 4.98 Å². The lowest BCUT2D eigenvalue weighted by Crippen LogP contribution is -2.13. The highest BCUT2D eigenvalue weighted by atomic mass is 16.5. The molecule has 0 bridgehead atoms. The number of esters is 1. The molecule has 19 heavy (non-hydrogen) atoms. The molecule has 2 rings (SSSR count). The number of aromatic amines is 1. The highest BCUT2D eigenvalue weighted by molar-refractivity contribution is 5.89. The van der Waals surface area contributed by atoms with Gasteiger partial charge in [-0.2, -0.15) is 0 Å². The van der Waals surface area contributed by atoms with Gasteiger partial charge < -0.3 is 20.6 Å². The molecular formula is C13H14N2O4. The molecule has 0 aliphatic heterocycles. The fourth-order valence-corrected chi connectivity index (χ4v) is 1.91. The molecule has 1 heterocycles. The monoisotopic (exact) mass is 262 g/mol. The first-order valence-corrected chi connectivity index (χ1v) is 5.75. The molecular weight excluding hydrogens is 248 g/mol. The number of carbonyl (C=O) groups excluding carboxylic acids is 1. The van der Waals surface area contributed by atoms with Crippen LogP contribution in [0.15, 0.2) is 29.1 Å². The Balaban J connectivity index is 2.71. The number of hydrogen-bond acceptors (Lipinski definition) is 5. The van der Waals surface area contributed by atoms with E-state index < -0.39 is 12.1 Å². The minimum atomic E-state index is -0.847. The number of pyridine rings is 1. The van der Waals surface area contributed by atoms with Gasteiger partial charge in [0.1, 0.15) is 0 Å². The number of hydrogen-bond donors (Lipinski definition) is 3. The van der Waals surface area contributed by atoms with Crippen LogP contribution in [0.3, 0.4) is 0 Å². The minimum Gasteiger partial charge on any atom is -0.424 e. The number of rotatable bonds is 3. The van der Waals surface area contributed by atoms with E-state index in [0.717, 1.165) is 0 Å². The lowest BCUT2D eigenvalue weighted by Gasteiger charge is -2.13. The molecule has 0 aliphatic rings. The minimum absolute atomic E-state index is 0.0567. The summed E-state index contributed by atoms with van der Waals surface area (Å²) in [6.07, 6.45) is -0.847. The summed E-state index contributed by atoms with van der Waals surface area (Å²) in [7, 11) is 0. The molecule has 2 aromatic rings. The van der Waals surface area contributed by atoms with Gasteiger partial charge in [-0.3, -0.25) is 9.59 Å². The Kier molecular flexibility index (Phi) is 3.64. The summed E-state index contributed by atoms with van der Waals surface area (Å²) >= 11 is 0. The zero-order valence-electron chi connectivity index (χ0n) is 10.3. The van der Waals surface area contributed by atoms with Crippen molar-refractivity contribution in [1.29, 1.82) is 0 Å². The topological polar surface area (TPSA) is 105 Å². The van der Waals surface area contributed by atoms with E-state index in [4.69, 9.17) is 10.5 Å². The second kappa shape index (κ2) is 5.21. The van der Waals surface area contributed by atoms with Gasteiger partial charge in [-0.15, -0.1) is 0 Å². The van der Waals surface area contributed by atoms with Crippen LogP contribution in [0.5, 0.6) is 5.75 Å². The van der Waals surface area contributed by atoms with Crippen molar-refractivity contribution in [3.63, 3.8) is 0 Å². The molecule has 6 nitrogen and oxygen atoms in total. The molecule has 0 saturated carbocycles. The molecule has 0 aliphatic carbocycles. The number of aliphatic hydroxyl groups is 1. The Hall–Kier alpha value is -2.18. The molecule has 0 fully saturated rings. The predicted octanol–water partition coefficient (Wildman–Crippen LogP) is 0.446. The first-order chi connectivity index (χ1) is 9.02. The Morgan fingerprint density at radius 1 is 1.42 bits per heavy atom. The van der Waals surface area contributed by atoms with Crippen molar-refractivity contribution in [3.05, 3.63) is 40.2 Å². The molecule has 1 aromatic heterocycles. The SMILES string of the molecule is CC(=O)Oc1ccc([C@@H](O)CN)c2ccc(=O)[nH]c12. The van der Waals surface area contributed by atoms with Gasteiger partial charge >= 0.3 is 5.97 Å². The van der Waals surface area contributed by atoms with Crippen LogP contribution in [0.4, 0.5) is 0 Å². The van der Waals surface area contributed by atoms with Gasteiger partial charge in [0.15, 0.2) is 5.75 Å². The maximum absolute atomic E-state index is 11.4. The third-order valence-corrected chi connectivity index (χ3v) is 2.73. The van der Waals surface area contributed by atoms with Crippen LogP contribution in [0.25, 0.3) is 10.9 Å². The van der Waals surface area contributed by atoms with Crippen LogP contribution in [0, 0.1) is 0 Å². The molecule has 0 saturated heterocycles. The van der Waals surface area contributed by atoms with Gasteiger partial charge in [-0.1, -0.05) is 6.07 Å². The van der Waals surface area contributed by atoms with Crippen LogP contribution in [0.2, 0.25) is 0 Å². The highest BCUT2D eigenvalue weighted by Crippen LogP contribution is 2.29. The van der Waals surface area contributed by atoms with Crippen molar-refractivity contribution in [2.45, 2.75) is 13.0 Å². The van der Waals surface area contributed by atoms with E-state index >= 15 is 0 Å². The van der Waals surface area contributed by atoms with Crippen molar-refractivity contribution in [2.75, 3.05) is 6.54 Å². The zero-order valence-corrected chi connectivity index (χ0v) is 10.3. The maximum atomic E-state index is 11.4. The maximum Gasteiger partial charge on any atom is 0.308 e. The summed E-state index contributed by atoms with van der Waals surface area (Å²) in [5, 5.41) is 10.4. The van der Waals surface area contributed by atoms with Crippen molar-refractivity contribution in [2.24, 2.45) is 5.73 Å². The number of carbonyl (C=O) groups is 1. The molecule has 6 heteroatoms. The lowest BCUT2D eigenvalue weighted by atomic mass is 10.0. The van der Waals surface area contributed by atoms with Crippen molar-refractivity contribution < 1.29 is 14.6 Å². The fourth-order valence-electron chi connectivity index (χ4n) is 1.91. The van der Waals surface area contributed by atoms with Crippen LogP contribution >= 0.6 is 0 Å². The van der Waals surface area contributed by atoms with E-state index in [9.17, 15) is 14.7 Å². The number of fused-ring (bicyclic) bond motifs is 1. The number of aliphatic hydroxyl groups excluding tert-OH is 1. The highest BCUT2D eigenvalue weighted by Gasteiger charge is 2.14. The van der Waals surface area contributed by atoms with Gasteiger partial charge in [-0.05, 0) is 17.7 Å². The van der Waals surface area contributed by atoms with E-state index in [1.165, 1.54) is 19.1 Å². The Morgan fingerprint density at radius 3 is 2.79 bits per heavy atom. The van der Waals surface area contributed by atoms with Gasteiger partial charge in [0, 0.05) is 24.9 Å². The number of benzene rings is 1. The summed E-state index contributed by atoms with van der Waals surface area (Å²) in [6.45, 7) is 1.33. The first-order valence-electron chi connectivity index (χ1n) is 5.75. The number of nitrogens with two attached hydrogens (primary N) is 1. The largest absolute Gasteiger partial charge is 0.424 e. The number of nitrogens with one attached hydrogen (secondary N) is 1. The molecule has 0 radical (unpaired) electrons. The van der Waals surface area contributed by atoms with Gasteiger partial charge in [-0.25, -0.2) is 0 Å². The molecule has 100 valence electrons. The molecule has 0 spiro atoms. The Bertz CT molecular complexity index is 678. The smallest absolute Gasteiger partial charge is 0.308 e. The predicted molar refractivity (Wildman–Crippen MR) is 69.9 cm³/mol. The fraction of sp³-hybridized carbons (Fsp3) is 0.231. The third-order valence-electron chi connectivity index (χ3n) is 2.73. The van der Waals surface area contributed by atoms with Gasteiger partial charge in [0.25, 0.3) is 0 Å². The normalized spacial score (nSPS) is 12.4. The summed E-state index contributed by atoms with van der Waals surface area (Å²) in [5.41, 5.74) is 6.06. The van der Waals surface area contributed by atoms with Crippen molar-refractivity contribution in [3.8, 4) is 5.75 Å². The van der Waals surface area contributed by atoms with Gasteiger partial charge in [0.2, 0.25) is 5.56 Å². The van der Waals surface area contributed by atoms with Crippen LogP contribution < -0.4 is 16.0 Å². The summed E-state index contributed by atoms with van der Waals surface area (Å²) < 4.78 is 5.03. The van der Waals surface area contributed by atoms with Crippen LogP contribution in [-0.4, -0.2) is 22.6 Å². The zero-order chi connectivity index (χ0) is 14.0. The molecule has 0 amide bonds. The third kappa shape index (κ3) is 2.64. The molecule has 0 unspecified atom stereocenters. The second-order valence-electron chi connectivity index (χ2n) is 4.11. The molecule has 1 aromatic carbocycles. The molecule has 1 atom stereocenters. The first kappa shape index (κ1) is 13.3. The number of ether oxygens (including phenoxy) is 1. The number of aromatic nitrogens is 1. The standard InChI is InChI=1S/C13H14N2O4/c1-7(16)19-11-4-2-8(10(17)6-14)9-3-5-12(18)15-13(9)11/h2-5,10,17H,6,14H2,1H3,(H,15,18)/t10-/m0/s1. The van der Waals surface area contributed by atoms with E-state index in [-0.39, 0.29) is 17.9 Å². The van der Waals surface area contributed by atoms with Crippen molar-refractivity contribution >= 4 is 16.9 Å². The van der Waals surface area contributed by atoms with Crippen molar-refractivity contribution in [1.82, 2.24) is 4.98 Å². The molecule has 4 N–H and O–H groups in total. The summed E-state index contributed by atoms with van der Waals surface area (Å²) in [5.74, 6) is -0.244. The van der Waals surface area contributed by atoms with Crippen LogP contribution in [-0.2, 0) is 4.79 Å². The summed E-state index contributed by atoms with van der Waals surface area (Å²) in [6, 6.07) is 6.05.